The summed E-state index contributed by atoms with van der Waals surface area (Å²) in [6.07, 6.45) is 3.99. The number of para-hydroxylation sites is 1. The Kier molecular flexibility index (Phi) is 3.18. The molecule has 1 aromatic carbocycles. The largest absolute Gasteiger partial charge is 0.345 e. The summed E-state index contributed by atoms with van der Waals surface area (Å²) in [5, 5.41) is 4.08. The molecule has 1 amide bonds. The van der Waals surface area contributed by atoms with Crippen LogP contribution < -0.4 is 11.1 Å². The van der Waals surface area contributed by atoms with Crippen LogP contribution in [0, 0.1) is 5.92 Å². The zero-order chi connectivity index (χ0) is 14.2. The van der Waals surface area contributed by atoms with Crippen molar-refractivity contribution in [1.29, 1.82) is 0 Å². The first-order chi connectivity index (χ1) is 9.64. The summed E-state index contributed by atoms with van der Waals surface area (Å²) < 4.78 is 0. The molecule has 1 aliphatic rings. The summed E-state index contributed by atoms with van der Waals surface area (Å²) in [5.41, 5.74) is 6.90. The van der Waals surface area contributed by atoms with Gasteiger partial charge < -0.3 is 11.1 Å². The van der Waals surface area contributed by atoms with Crippen LogP contribution in [0.15, 0.2) is 36.5 Å². The maximum atomic E-state index is 12.6. The van der Waals surface area contributed by atoms with Crippen LogP contribution in [0.2, 0.25) is 0 Å². The summed E-state index contributed by atoms with van der Waals surface area (Å²) in [4.78, 5) is 16.9. The normalized spacial score (nSPS) is 17.7. The van der Waals surface area contributed by atoms with Gasteiger partial charge in [0.1, 0.15) is 0 Å². The van der Waals surface area contributed by atoms with Gasteiger partial charge in [0, 0.05) is 18.1 Å². The number of nitrogens with one attached hydrogen (secondary N) is 1. The number of pyridine rings is 1. The average molecular weight is 269 g/mol. The van der Waals surface area contributed by atoms with Gasteiger partial charge in [-0.2, -0.15) is 0 Å². The lowest BCUT2D eigenvalue weighted by Gasteiger charge is -2.29. The summed E-state index contributed by atoms with van der Waals surface area (Å²) in [5.74, 6) is 0.411. The van der Waals surface area contributed by atoms with Gasteiger partial charge in [-0.25, -0.2) is 0 Å². The highest BCUT2D eigenvalue weighted by Gasteiger charge is 2.41. The standard InChI is InChI=1S/C16H19N3O/c1-16(10-17,12-7-8-12)19-15(20)13-6-2-4-11-5-3-9-18-14(11)13/h2-6,9,12H,7-8,10,17H2,1H3,(H,19,20). The maximum absolute atomic E-state index is 12.6. The molecule has 1 aliphatic carbocycles. The Balaban J connectivity index is 1.93. The molecule has 3 rings (SSSR count). The van der Waals surface area contributed by atoms with Crippen LogP contribution >= 0.6 is 0 Å². The molecule has 1 aromatic heterocycles. The van der Waals surface area contributed by atoms with Crippen LogP contribution in [0.3, 0.4) is 0 Å². The van der Waals surface area contributed by atoms with Crippen molar-refractivity contribution in [2.75, 3.05) is 6.54 Å². The predicted octanol–water partition coefficient (Wildman–Crippen LogP) is 2.09. The molecule has 2 aromatic rings. The van der Waals surface area contributed by atoms with E-state index in [1.807, 2.05) is 37.3 Å². The lowest BCUT2D eigenvalue weighted by Crippen LogP contribution is -2.53. The van der Waals surface area contributed by atoms with Gasteiger partial charge in [-0.15, -0.1) is 0 Å². The molecule has 0 aliphatic heterocycles. The Morgan fingerprint density at radius 3 is 2.85 bits per heavy atom. The van der Waals surface area contributed by atoms with Crippen molar-refractivity contribution in [3.8, 4) is 0 Å². The maximum Gasteiger partial charge on any atom is 0.253 e. The molecule has 0 bridgehead atoms. The number of fused-ring (bicyclic) bond motifs is 1. The number of aromatic nitrogens is 1. The van der Waals surface area contributed by atoms with Gasteiger partial charge in [0.25, 0.3) is 5.91 Å². The minimum atomic E-state index is -0.311. The molecule has 3 N–H and O–H groups in total. The van der Waals surface area contributed by atoms with Crippen molar-refractivity contribution < 1.29 is 4.79 Å². The van der Waals surface area contributed by atoms with E-state index in [-0.39, 0.29) is 11.4 Å². The van der Waals surface area contributed by atoms with Gasteiger partial charge in [0.15, 0.2) is 0 Å². The predicted molar refractivity (Wildman–Crippen MR) is 79.4 cm³/mol. The number of benzene rings is 1. The quantitative estimate of drug-likeness (QED) is 0.893. The van der Waals surface area contributed by atoms with Crippen molar-refractivity contribution in [2.45, 2.75) is 25.3 Å². The Morgan fingerprint density at radius 1 is 1.40 bits per heavy atom. The number of nitrogens with zero attached hydrogens (tertiary/aromatic N) is 1. The molecule has 4 nitrogen and oxygen atoms in total. The molecule has 0 saturated heterocycles. The fourth-order valence-electron chi connectivity index (χ4n) is 2.65. The molecule has 1 saturated carbocycles. The number of hydrogen-bond acceptors (Lipinski definition) is 3. The third-order valence-corrected chi connectivity index (χ3v) is 4.18. The molecule has 1 heterocycles. The van der Waals surface area contributed by atoms with E-state index in [1.54, 1.807) is 6.20 Å². The topological polar surface area (TPSA) is 68.0 Å². The van der Waals surface area contributed by atoms with E-state index in [9.17, 15) is 4.79 Å². The first-order valence-electron chi connectivity index (χ1n) is 7.00. The van der Waals surface area contributed by atoms with Gasteiger partial charge in [0.05, 0.1) is 16.6 Å². The third kappa shape index (κ3) is 2.27. The Morgan fingerprint density at radius 2 is 2.15 bits per heavy atom. The van der Waals surface area contributed by atoms with Crippen LogP contribution in [0.4, 0.5) is 0 Å². The van der Waals surface area contributed by atoms with Gasteiger partial charge >= 0.3 is 0 Å². The van der Waals surface area contributed by atoms with Crippen LogP contribution in [0.1, 0.15) is 30.1 Å². The third-order valence-electron chi connectivity index (χ3n) is 4.18. The van der Waals surface area contributed by atoms with E-state index in [4.69, 9.17) is 5.73 Å². The van der Waals surface area contributed by atoms with Gasteiger partial charge in [-0.3, -0.25) is 9.78 Å². The van der Waals surface area contributed by atoms with E-state index < -0.39 is 0 Å². The summed E-state index contributed by atoms with van der Waals surface area (Å²) in [6, 6.07) is 9.49. The number of carbonyl (C=O) groups excluding carboxylic acids is 1. The number of rotatable bonds is 4. The highest BCUT2D eigenvalue weighted by molar-refractivity contribution is 6.05. The Labute approximate surface area is 118 Å². The lowest BCUT2D eigenvalue weighted by atomic mass is 9.95. The van der Waals surface area contributed by atoms with Crippen molar-refractivity contribution in [1.82, 2.24) is 10.3 Å². The first kappa shape index (κ1) is 13.1. The highest BCUT2D eigenvalue weighted by Crippen LogP contribution is 2.39. The molecule has 1 unspecified atom stereocenters. The monoisotopic (exact) mass is 269 g/mol. The minimum absolute atomic E-state index is 0.0888. The zero-order valence-electron chi connectivity index (χ0n) is 11.6. The van der Waals surface area contributed by atoms with E-state index in [2.05, 4.69) is 10.3 Å². The lowest BCUT2D eigenvalue weighted by molar-refractivity contribution is 0.0899. The molecule has 20 heavy (non-hydrogen) atoms. The van der Waals surface area contributed by atoms with E-state index >= 15 is 0 Å². The summed E-state index contributed by atoms with van der Waals surface area (Å²) >= 11 is 0. The number of nitrogens with two attached hydrogens (primary N) is 1. The second-order valence-corrected chi connectivity index (χ2v) is 5.73. The van der Waals surface area contributed by atoms with Crippen LogP contribution in [-0.2, 0) is 0 Å². The molecular formula is C16H19N3O. The average Bonchev–Trinajstić information content (AvgIpc) is 3.31. The van der Waals surface area contributed by atoms with E-state index in [1.165, 1.54) is 0 Å². The zero-order valence-corrected chi connectivity index (χ0v) is 11.6. The highest BCUT2D eigenvalue weighted by atomic mass is 16.1. The molecule has 104 valence electrons. The second-order valence-electron chi connectivity index (χ2n) is 5.73. The van der Waals surface area contributed by atoms with Crippen LogP contribution in [0.25, 0.3) is 10.9 Å². The minimum Gasteiger partial charge on any atom is -0.345 e. The van der Waals surface area contributed by atoms with Crippen molar-refractivity contribution in [2.24, 2.45) is 11.7 Å². The van der Waals surface area contributed by atoms with Crippen molar-refractivity contribution in [3.05, 3.63) is 42.1 Å². The van der Waals surface area contributed by atoms with E-state index in [0.717, 1.165) is 23.7 Å². The molecule has 0 spiro atoms. The SMILES string of the molecule is CC(CN)(NC(=O)c1cccc2cccnc12)C1CC1. The van der Waals surface area contributed by atoms with E-state index in [0.29, 0.717) is 18.0 Å². The Bertz CT molecular complexity index is 646. The fraction of sp³-hybridized carbons (Fsp3) is 0.375. The molecule has 0 radical (unpaired) electrons. The molecule has 4 heteroatoms. The van der Waals surface area contributed by atoms with Gasteiger partial charge in [-0.05, 0) is 37.8 Å². The van der Waals surface area contributed by atoms with Gasteiger partial charge in [-0.1, -0.05) is 18.2 Å². The fourth-order valence-corrected chi connectivity index (χ4v) is 2.65. The molecule has 1 fully saturated rings. The van der Waals surface area contributed by atoms with Crippen molar-refractivity contribution >= 4 is 16.8 Å². The smallest absolute Gasteiger partial charge is 0.253 e. The van der Waals surface area contributed by atoms with Crippen LogP contribution in [-0.4, -0.2) is 23.0 Å². The molecule has 1 atom stereocenters. The number of hydrogen-bond donors (Lipinski definition) is 2. The van der Waals surface area contributed by atoms with Crippen LogP contribution in [0.5, 0.6) is 0 Å². The second kappa shape index (κ2) is 4.87. The molecular weight excluding hydrogens is 250 g/mol. The summed E-state index contributed by atoms with van der Waals surface area (Å²) in [7, 11) is 0. The number of carbonyl (C=O) groups is 1. The number of amides is 1. The van der Waals surface area contributed by atoms with Crippen molar-refractivity contribution in [3.63, 3.8) is 0 Å². The summed E-state index contributed by atoms with van der Waals surface area (Å²) in [6.45, 7) is 2.49. The Hall–Kier alpha value is -1.94. The first-order valence-corrected chi connectivity index (χ1v) is 7.00. The van der Waals surface area contributed by atoms with Gasteiger partial charge in [0.2, 0.25) is 0 Å².